The number of rotatable bonds is 2. The SMILES string of the molecule is NCC1CCCC(C(=O)N2CCCC3CCCCC32)C1. The zero-order valence-electron chi connectivity index (χ0n) is 12.7. The fraction of sp³-hybridized carbons (Fsp3) is 0.941. The Kier molecular flexibility index (Phi) is 4.65. The summed E-state index contributed by atoms with van der Waals surface area (Å²) in [7, 11) is 0. The fourth-order valence-electron chi connectivity index (χ4n) is 4.86. The third-order valence-corrected chi connectivity index (χ3v) is 5.99. The molecule has 1 amide bonds. The molecule has 3 rings (SSSR count). The highest BCUT2D eigenvalue weighted by molar-refractivity contribution is 5.79. The smallest absolute Gasteiger partial charge is 0.225 e. The first-order valence-electron chi connectivity index (χ1n) is 8.80. The molecule has 1 saturated heterocycles. The lowest BCUT2D eigenvalue weighted by atomic mass is 9.76. The summed E-state index contributed by atoms with van der Waals surface area (Å²) in [4.78, 5) is 15.2. The molecule has 2 N–H and O–H groups in total. The average Bonchev–Trinajstić information content (AvgIpc) is 2.53. The minimum absolute atomic E-state index is 0.276. The molecule has 114 valence electrons. The summed E-state index contributed by atoms with van der Waals surface area (Å²) in [6, 6.07) is 0.572. The standard InChI is InChI=1S/C17H30N2O/c18-12-13-5-3-7-15(11-13)17(20)19-10-4-8-14-6-1-2-9-16(14)19/h13-16H,1-12,18H2. The van der Waals surface area contributed by atoms with Crippen LogP contribution in [0.4, 0.5) is 0 Å². The van der Waals surface area contributed by atoms with E-state index in [1.165, 1.54) is 51.4 Å². The summed E-state index contributed by atoms with van der Waals surface area (Å²) in [6.45, 7) is 1.78. The van der Waals surface area contributed by atoms with Crippen LogP contribution in [-0.2, 0) is 4.79 Å². The molecule has 3 fully saturated rings. The Balaban J connectivity index is 1.65. The second-order valence-electron chi connectivity index (χ2n) is 7.25. The molecule has 0 aromatic heterocycles. The van der Waals surface area contributed by atoms with E-state index in [0.717, 1.165) is 31.8 Å². The predicted octanol–water partition coefficient (Wildman–Crippen LogP) is 2.93. The van der Waals surface area contributed by atoms with Gasteiger partial charge in [0, 0.05) is 18.5 Å². The number of nitrogens with zero attached hydrogens (tertiary/aromatic N) is 1. The third kappa shape index (κ3) is 2.88. The number of carbonyl (C=O) groups is 1. The van der Waals surface area contributed by atoms with E-state index in [9.17, 15) is 4.79 Å². The molecule has 2 aliphatic carbocycles. The summed E-state index contributed by atoms with van der Waals surface area (Å²) in [5.74, 6) is 2.14. The number of amides is 1. The summed E-state index contributed by atoms with van der Waals surface area (Å²) in [5.41, 5.74) is 5.83. The quantitative estimate of drug-likeness (QED) is 0.844. The van der Waals surface area contributed by atoms with Crippen molar-refractivity contribution >= 4 is 5.91 Å². The van der Waals surface area contributed by atoms with E-state index in [2.05, 4.69) is 4.90 Å². The van der Waals surface area contributed by atoms with Gasteiger partial charge >= 0.3 is 0 Å². The number of piperidine rings is 1. The maximum atomic E-state index is 13.0. The normalized spacial score (nSPS) is 38.4. The van der Waals surface area contributed by atoms with Crippen LogP contribution < -0.4 is 5.73 Å². The van der Waals surface area contributed by atoms with E-state index < -0.39 is 0 Å². The van der Waals surface area contributed by atoms with Crippen molar-refractivity contribution in [3.8, 4) is 0 Å². The van der Waals surface area contributed by atoms with Crippen molar-refractivity contribution in [2.24, 2.45) is 23.5 Å². The number of likely N-dealkylation sites (tertiary alicyclic amines) is 1. The topological polar surface area (TPSA) is 46.3 Å². The Hall–Kier alpha value is -0.570. The highest BCUT2D eigenvalue weighted by Gasteiger charge is 2.38. The highest BCUT2D eigenvalue weighted by atomic mass is 16.2. The van der Waals surface area contributed by atoms with Gasteiger partial charge in [0.15, 0.2) is 0 Å². The fourth-order valence-corrected chi connectivity index (χ4v) is 4.86. The van der Waals surface area contributed by atoms with E-state index in [4.69, 9.17) is 5.73 Å². The maximum absolute atomic E-state index is 13.0. The lowest BCUT2D eigenvalue weighted by Gasteiger charge is -2.46. The van der Waals surface area contributed by atoms with Crippen LogP contribution >= 0.6 is 0 Å². The third-order valence-electron chi connectivity index (χ3n) is 5.99. The summed E-state index contributed by atoms with van der Waals surface area (Å²) < 4.78 is 0. The summed E-state index contributed by atoms with van der Waals surface area (Å²) in [5, 5.41) is 0. The van der Waals surface area contributed by atoms with E-state index in [-0.39, 0.29) is 5.92 Å². The zero-order chi connectivity index (χ0) is 13.9. The Morgan fingerprint density at radius 3 is 2.65 bits per heavy atom. The average molecular weight is 278 g/mol. The number of fused-ring (bicyclic) bond motifs is 1. The molecule has 0 bridgehead atoms. The lowest BCUT2D eigenvalue weighted by molar-refractivity contribution is -0.143. The Morgan fingerprint density at radius 1 is 1.00 bits per heavy atom. The van der Waals surface area contributed by atoms with Crippen LogP contribution in [0.2, 0.25) is 0 Å². The molecule has 3 heteroatoms. The number of hydrogen-bond donors (Lipinski definition) is 1. The molecule has 0 spiro atoms. The van der Waals surface area contributed by atoms with Crippen LogP contribution in [-0.4, -0.2) is 29.9 Å². The Morgan fingerprint density at radius 2 is 1.80 bits per heavy atom. The monoisotopic (exact) mass is 278 g/mol. The van der Waals surface area contributed by atoms with Crippen molar-refractivity contribution in [1.29, 1.82) is 0 Å². The molecule has 2 saturated carbocycles. The van der Waals surface area contributed by atoms with Gasteiger partial charge in [-0.3, -0.25) is 4.79 Å². The highest BCUT2D eigenvalue weighted by Crippen LogP contribution is 2.38. The molecule has 4 atom stereocenters. The first-order chi connectivity index (χ1) is 9.79. The number of hydrogen-bond acceptors (Lipinski definition) is 2. The van der Waals surface area contributed by atoms with Gasteiger partial charge in [-0.25, -0.2) is 0 Å². The molecule has 4 unspecified atom stereocenters. The van der Waals surface area contributed by atoms with Crippen LogP contribution in [0.1, 0.15) is 64.2 Å². The van der Waals surface area contributed by atoms with E-state index in [1.54, 1.807) is 0 Å². The molecule has 0 aromatic carbocycles. The van der Waals surface area contributed by atoms with Gasteiger partial charge in [-0.15, -0.1) is 0 Å². The van der Waals surface area contributed by atoms with E-state index >= 15 is 0 Å². The molecular formula is C17H30N2O. The first kappa shape index (κ1) is 14.4. The minimum Gasteiger partial charge on any atom is -0.339 e. The van der Waals surface area contributed by atoms with Crippen LogP contribution in [0.3, 0.4) is 0 Å². The second-order valence-corrected chi connectivity index (χ2v) is 7.25. The molecule has 3 nitrogen and oxygen atoms in total. The van der Waals surface area contributed by atoms with Crippen molar-refractivity contribution < 1.29 is 4.79 Å². The van der Waals surface area contributed by atoms with Crippen molar-refractivity contribution in [3.05, 3.63) is 0 Å². The zero-order valence-corrected chi connectivity index (χ0v) is 12.7. The molecule has 1 heterocycles. The van der Waals surface area contributed by atoms with E-state index in [1.807, 2.05) is 0 Å². The minimum atomic E-state index is 0.276. The Bertz CT molecular complexity index is 342. The van der Waals surface area contributed by atoms with Gasteiger partial charge in [-0.2, -0.15) is 0 Å². The van der Waals surface area contributed by atoms with Gasteiger partial charge in [0.05, 0.1) is 0 Å². The summed E-state index contributed by atoms with van der Waals surface area (Å²) >= 11 is 0. The van der Waals surface area contributed by atoms with Crippen LogP contribution in [0.25, 0.3) is 0 Å². The maximum Gasteiger partial charge on any atom is 0.225 e. The molecular weight excluding hydrogens is 248 g/mol. The van der Waals surface area contributed by atoms with Crippen molar-refractivity contribution in [3.63, 3.8) is 0 Å². The predicted molar refractivity (Wildman–Crippen MR) is 81.2 cm³/mol. The van der Waals surface area contributed by atoms with Gasteiger partial charge < -0.3 is 10.6 Å². The largest absolute Gasteiger partial charge is 0.339 e. The second kappa shape index (κ2) is 6.46. The number of carbonyl (C=O) groups excluding carboxylic acids is 1. The van der Waals surface area contributed by atoms with Gasteiger partial charge in [0.25, 0.3) is 0 Å². The van der Waals surface area contributed by atoms with E-state index in [0.29, 0.717) is 17.9 Å². The van der Waals surface area contributed by atoms with Crippen molar-refractivity contribution in [1.82, 2.24) is 4.90 Å². The van der Waals surface area contributed by atoms with Gasteiger partial charge in [-0.05, 0) is 63.3 Å². The van der Waals surface area contributed by atoms with Crippen molar-refractivity contribution in [2.45, 2.75) is 70.3 Å². The lowest BCUT2D eigenvalue weighted by Crippen LogP contribution is -2.52. The van der Waals surface area contributed by atoms with Crippen LogP contribution in [0.15, 0.2) is 0 Å². The number of nitrogens with two attached hydrogens (primary N) is 1. The molecule has 0 radical (unpaired) electrons. The van der Waals surface area contributed by atoms with Crippen molar-refractivity contribution in [2.75, 3.05) is 13.1 Å². The molecule has 0 aromatic rings. The molecule has 20 heavy (non-hydrogen) atoms. The van der Waals surface area contributed by atoms with Crippen LogP contribution in [0, 0.1) is 17.8 Å². The van der Waals surface area contributed by atoms with Gasteiger partial charge in [0.2, 0.25) is 5.91 Å². The van der Waals surface area contributed by atoms with Gasteiger partial charge in [-0.1, -0.05) is 19.3 Å². The first-order valence-corrected chi connectivity index (χ1v) is 8.80. The Labute approximate surface area is 123 Å². The summed E-state index contributed by atoms with van der Waals surface area (Å²) in [6.07, 6.45) is 12.4. The van der Waals surface area contributed by atoms with Crippen LogP contribution in [0.5, 0.6) is 0 Å². The molecule has 3 aliphatic rings. The van der Waals surface area contributed by atoms with Gasteiger partial charge in [0.1, 0.15) is 0 Å². The molecule has 1 aliphatic heterocycles.